The van der Waals surface area contributed by atoms with Crippen LogP contribution in [0.5, 0.6) is 0 Å². The molecule has 0 aliphatic rings. The van der Waals surface area contributed by atoms with Gasteiger partial charge in [0.25, 0.3) is 0 Å². The highest BCUT2D eigenvalue weighted by Crippen LogP contribution is 2.33. The first-order valence-corrected chi connectivity index (χ1v) is 6.09. The van der Waals surface area contributed by atoms with Crippen molar-refractivity contribution in [1.29, 1.82) is 0 Å². The van der Waals surface area contributed by atoms with Crippen molar-refractivity contribution < 1.29 is 9.52 Å². The fourth-order valence-electron chi connectivity index (χ4n) is 2.06. The van der Waals surface area contributed by atoms with Gasteiger partial charge in [0.2, 0.25) is 0 Å². The number of anilines is 1. The van der Waals surface area contributed by atoms with Gasteiger partial charge in [-0.1, -0.05) is 29.8 Å². The highest BCUT2D eigenvalue weighted by atomic mass is 35.5. The van der Waals surface area contributed by atoms with Crippen LogP contribution >= 0.6 is 11.6 Å². The topological polar surface area (TPSA) is 72.3 Å². The Bertz CT molecular complexity index is 739. The molecule has 2 heterocycles. The number of nitrogens with zero attached hydrogens (tertiary/aromatic N) is 1. The molecule has 0 saturated heterocycles. The van der Waals surface area contributed by atoms with E-state index in [1.165, 1.54) is 12.5 Å². The van der Waals surface area contributed by atoms with Gasteiger partial charge in [-0.25, -0.2) is 4.98 Å². The van der Waals surface area contributed by atoms with E-state index in [1.807, 2.05) is 24.3 Å². The van der Waals surface area contributed by atoms with Crippen LogP contribution in [0.1, 0.15) is 17.2 Å². The molecule has 1 unspecified atom stereocenters. The van der Waals surface area contributed by atoms with Gasteiger partial charge < -0.3 is 15.3 Å². The zero-order valence-electron chi connectivity index (χ0n) is 9.88. The first-order chi connectivity index (χ1) is 9.16. The summed E-state index contributed by atoms with van der Waals surface area (Å²) < 4.78 is 5.41. The summed E-state index contributed by atoms with van der Waals surface area (Å²) in [6.45, 7) is 0. The van der Waals surface area contributed by atoms with Gasteiger partial charge in [0.15, 0.2) is 0 Å². The fraction of sp³-hybridized carbons (Fsp3) is 0.0714. The van der Waals surface area contributed by atoms with E-state index in [4.69, 9.17) is 21.8 Å². The molecule has 96 valence electrons. The number of furan rings is 1. The van der Waals surface area contributed by atoms with E-state index in [0.29, 0.717) is 21.7 Å². The minimum Gasteiger partial charge on any atom is -0.464 e. The number of aliphatic hydroxyl groups is 1. The van der Waals surface area contributed by atoms with Gasteiger partial charge in [0.1, 0.15) is 17.5 Å². The Labute approximate surface area is 114 Å². The molecule has 0 amide bonds. The Hall–Kier alpha value is -2.04. The smallest absolute Gasteiger partial charge is 0.134 e. The highest BCUT2D eigenvalue weighted by Gasteiger charge is 2.19. The highest BCUT2D eigenvalue weighted by molar-refractivity contribution is 6.30. The number of pyridine rings is 1. The maximum Gasteiger partial charge on any atom is 0.134 e. The van der Waals surface area contributed by atoms with Gasteiger partial charge in [-0.3, -0.25) is 0 Å². The molecule has 2 aromatic heterocycles. The molecule has 0 saturated carbocycles. The maximum atomic E-state index is 10.4. The van der Waals surface area contributed by atoms with Gasteiger partial charge >= 0.3 is 0 Å². The summed E-state index contributed by atoms with van der Waals surface area (Å²) in [4.78, 5) is 3.94. The molecular formula is C14H11ClN2O2. The SMILES string of the molecule is Nc1ncc(Cl)cc1C(O)c1coc2ccccc12. The summed E-state index contributed by atoms with van der Waals surface area (Å²) in [5.41, 5.74) is 7.61. The third kappa shape index (κ3) is 2.05. The third-order valence-electron chi connectivity index (χ3n) is 3.02. The zero-order chi connectivity index (χ0) is 13.4. The lowest BCUT2D eigenvalue weighted by molar-refractivity contribution is 0.221. The van der Waals surface area contributed by atoms with E-state index >= 15 is 0 Å². The molecule has 3 rings (SSSR count). The van der Waals surface area contributed by atoms with Crippen LogP contribution in [-0.2, 0) is 0 Å². The van der Waals surface area contributed by atoms with Gasteiger partial charge in [-0.15, -0.1) is 0 Å². The first kappa shape index (κ1) is 12.0. The summed E-state index contributed by atoms with van der Waals surface area (Å²) in [5, 5.41) is 11.7. The fourth-order valence-corrected chi connectivity index (χ4v) is 2.23. The van der Waals surface area contributed by atoms with Crippen molar-refractivity contribution in [3.63, 3.8) is 0 Å². The van der Waals surface area contributed by atoms with Crippen molar-refractivity contribution in [2.75, 3.05) is 5.73 Å². The average molecular weight is 275 g/mol. The molecule has 5 heteroatoms. The molecule has 3 aromatic rings. The second kappa shape index (κ2) is 4.57. The Kier molecular flexibility index (Phi) is 2.89. The van der Waals surface area contributed by atoms with Crippen LogP contribution in [0.3, 0.4) is 0 Å². The molecule has 3 N–H and O–H groups in total. The number of hydrogen-bond donors (Lipinski definition) is 2. The Morgan fingerprint density at radius 2 is 2.05 bits per heavy atom. The Morgan fingerprint density at radius 3 is 2.89 bits per heavy atom. The Balaban J connectivity index is 2.13. The Morgan fingerprint density at radius 1 is 1.26 bits per heavy atom. The van der Waals surface area contributed by atoms with Crippen LogP contribution < -0.4 is 5.73 Å². The largest absolute Gasteiger partial charge is 0.464 e. The third-order valence-corrected chi connectivity index (χ3v) is 3.22. The number of aliphatic hydroxyl groups excluding tert-OH is 1. The van der Waals surface area contributed by atoms with E-state index in [-0.39, 0.29) is 5.82 Å². The molecule has 0 aliphatic carbocycles. The average Bonchev–Trinajstić information content (AvgIpc) is 2.84. The number of rotatable bonds is 2. The van der Waals surface area contributed by atoms with E-state index in [0.717, 1.165) is 5.39 Å². The monoisotopic (exact) mass is 274 g/mol. The number of fused-ring (bicyclic) bond motifs is 1. The summed E-state index contributed by atoms with van der Waals surface area (Å²) in [5.74, 6) is 0.252. The lowest BCUT2D eigenvalue weighted by atomic mass is 10.0. The normalized spacial score (nSPS) is 12.7. The molecular weight excluding hydrogens is 264 g/mol. The van der Waals surface area contributed by atoms with Crippen molar-refractivity contribution in [1.82, 2.24) is 4.98 Å². The zero-order valence-corrected chi connectivity index (χ0v) is 10.6. The predicted molar refractivity (Wildman–Crippen MR) is 73.9 cm³/mol. The van der Waals surface area contributed by atoms with E-state index in [1.54, 1.807) is 6.07 Å². The molecule has 4 nitrogen and oxygen atoms in total. The van der Waals surface area contributed by atoms with Crippen molar-refractivity contribution in [3.8, 4) is 0 Å². The molecule has 0 aliphatic heterocycles. The predicted octanol–water partition coefficient (Wildman–Crippen LogP) is 3.15. The number of para-hydroxylation sites is 1. The molecule has 0 spiro atoms. The molecule has 0 radical (unpaired) electrons. The van der Waals surface area contributed by atoms with Crippen LogP contribution in [0, 0.1) is 0 Å². The first-order valence-electron chi connectivity index (χ1n) is 5.72. The number of nitrogen functional groups attached to an aromatic ring is 1. The summed E-state index contributed by atoms with van der Waals surface area (Å²) in [6.07, 6.45) is 2.05. The molecule has 19 heavy (non-hydrogen) atoms. The summed E-state index contributed by atoms with van der Waals surface area (Å²) in [6, 6.07) is 9.08. The van der Waals surface area contributed by atoms with Crippen LogP contribution in [-0.4, -0.2) is 10.1 Å². The summed E-state index contributed by atoms with van der Waals surface area (Å²) in [7, 11) is 0. The van der Waals surface area contributed by atoms with Crippen LogP contribution in [0.15, 0.2) is 47.2 Å². The van der Waals surface area contributed by atoms with Crippen molar-refractivity contribution >= 4 is 28.4 Å². The number of benzene rings is 1. The van der Waals surface area contributed by atoms with Crippen LogP contribution in [0.2, 0.25) is 5.02 Å². The quantitative estimate of drug-likeness (QED) is 0.753. The van der Waals surface area contributed by atoms with Gasteiger partial charge in [0, 0.05) is 22.7 Å². The van der Waals surface area contributed by atoms with Crippen LogP contribution in [0.4, 0.5) is 5.82 Å². The molecule has 0 bridgehead atoms. The lowest BCUT2D eigenvalue weighted by Crippen LogP contribution is -2.05. The van der Waals surface area contributed by atoms with E-state index < -0.39 is 6.10 Å². The van der Waals surface area contributed by atoms with Crippen molar-refractivity contribution in [2.45, 2.75) is 6.10 Å². The van der Waals surface area contributed by atoms with E-state index in [9.17, 15) is 5.11 Å². The number of halogens is 1. The second-order valence-corrected chi connectivity index (χ2v) is 4.65. The summed E-state index contributed by atoms with van der Waals surface area (Å²) >= 11 is 5.89. The van der Waals surface area contributed by atoms with Crippen LogP contribution in [0.25, 0.3) is 11.0 Å². The number of nitrogens with two attached hydrogens (primary N) is 1. The van der Waals surface area contributed by atoms with Crippen molar-refractivity contribution in [3.05, 3.63) is 58.9 Å². The number of hydrogen-bond acceptors (Lipinski definition) is 4. The lowest BCUT2D eigenvalue weighted by Gasteiger charge is -2.11. The van der Waals surface area contributed by atoms with Crippen molar-refractivity contribution in [2.24, 2.45) is 0 Å². The van der Waals surface area contributed by atoms with Gasteiger partial charge in [0.05, 0.1) is 11.3 Å². The van der Waals surface area contributed by atoms with E-state index in [2.05, 4.69) is 4.98 Å². The minimum absolute atomic E-state index is 0.252. The maximum absolute atomic E-state index is 10.4. The van der Waals surface area contributed by atoms with Gasteiger partial charge in [-0.2, -0.15) is 0 Å². The standard InChI is InChI=1S/C14H11ClN2O2/c15-8-5-10(14(16)17-6-8)13(18)11-7-19-12-4-2-1-3-9(11)12/h1-7,13,18H,(H2,16,17). The molecule has 0 fully saturated rings. The molecule has 1 aromatic carbocycles. The minimum atomic E-state index is -0.921. The second-order valence-electron chi connectivity index (χ2n) is 4.22. The molecule has 1 atom stereocenters. The number of aromatic nitrogens is 1. The van der Waals surface area contributed by atoms with Gasteiger partial charge in [-0.05, 0) is 12.1 Å².